The Labute approximate surface area is 169 Å². The average molecular weight is 401 g/mol. The van der Waals surface area contributed by atoms with Crippen molar-refractivity contribution in [3.8, 4) is 0 Å². The molecule has 2 saturated carbocycles. The van der Waals surface area contributed by atoms with Crippen LogP contribution in [0.25, 0.3) is 0 Å². The molecule has 2 atom stereocenters. The molecule has 0 spiro atoms. The van der Waals surface area contributed by atoms with Crippen LogP contribution in [0.4, 0.5) is 5.69 Å². The summed E-state index contributed by atoms with van der Waals surface area (Å²) in [4.78, 5) is 25.4. The highest BCUT2D eigenvalue weighted by Crippen LogP contribution is 2.48. The van der Waals surface area contributed by atoms with E-state index in [2.05, 4.69) is 15.7 Å². The minimum atomic E-state index is -0.209. The van der Waals surface area contributed by atoms with E-state index in [9.17, 15) is 9.59 Å². The first kappa shape index (κ1) is 19.0. The first-order valence-electron chi connectivity index (χ1n) is 9.99. The number of rotatable bonds is 6. The fourth-order valence-electron chi connectivity index (χ4n) is 3.96. The number of aryl methyl sites for hydroxylation is 1. The van der Waals surface area contributed by atoms with E-state index in [-0.39, 0.29) is 29.7 Å². The quantitative estimate of drug-likeness (QED) is 0.770. The molecule has 2 N–H and O–H groups in total. The molecule has 0 unspecified atom stereocenters. The lowest BCUT2D eigenvalue weighted by Crippen LogP contribution is -2.33. The van der Waals surface area contributed by atoms with E-state index in [1.54, 1.807) is 10.9 Å². The number of halogens is 1. The highest BCUT2D eigenvalue weighted by molar-refractivity contribution is 6.30. The van der Waals surface area contributed by atoms with Crippen molar-refractivity contribution in [2.75, 3.05) is 5.32 Å². The number of aromatic nitrogens is 2. The monoisotopic (exact) mass is 400 g/mol. The normalized spacial score (nSPS) is 21.5. The van der Waals surface area contributed by atoms with Crippen LogP contribution in [0.2, 0.25) is 5.02 Å². The van der Waals surface area contributed by atoms with Crippen LogP contribution in [0.1, 0.15) is 61.0 Å². The van der Waals surface area contributed by atoms with E-state index >= 15 is 0 Å². The SMILES string of the molecule is CCn1cc(NC(=O)[C@H]2C[C@H]2c2ccc(Cl)cc2)c(C(=O)NC2CCCC2)n1. The summed E-state index contributed by atoms with van der Waals surface area (Å²) >= 11 is 5.94. The van der Waals surface area contributed by atoms with Gasteiger partial charge in [-0.15, -0.1) is 0 Å². The molecule has 148 valence electrons. The van der Waals surface area contributed by atoms with E-state index in [0.29, 0.717) is 22.9 Å². The number of nitrogens with one attached hydrogen (secondary N) is 2. The Morgan fingerprint density at radius 1 is 1.21 bits per heavy atom. The van der Waals surface area contributed by atoms with E-state index in [4.69, 9.17) is 11.6 Å². The Balaban J connectivity index is 1.43. The Morgan fingerprint density at radius 2 is 1.93 bits per heavy atom. The number of benzene rings is 1. The Bertz CT molecular complexity index is 871. The topological polar surface area (TPSA) is 76.0 Å². The van der Waals surface area contributed by atoms with Gasteiger partial charge in [0.1, 0.15) is 0 Å². The molecule has 0 aliphatic heterocycles. The third-order valence-corrected chi connectivity index (χ3v) is 5.93. The summed E-state index contributed by atoms with van der Waals surface area (Å²) in [7, 11) is 0. The van der Waals surface area contributed by atoms with E-state index < -0.39 is 0 Å². The average Bonchev–Trinajstić information content (AvgIpc) is 3.12. The largest absolute Gasteiger partial charge is 0.348 e. The maximum absolute atomic E-state index is 12.7. The molecule has 28 heavy (non-hydrogen) atoms. The fraction of sp³-hybridized carbons (Fsp3) is 0.476. The van der Waals surface area contributed by atoms with Crippen LogP contribution in [-0.2, 0) is 11.3 Å². The molecular weight excluding hydrogens is 376 g/mol. The summed E-state index contributed by atoms with van der Waals surface area (Å²) in [5.41, 5.74) is 1.91. The molecule has 2 aromatic rings. The number of amides is 2. The summed E-state index contributed by atoms with van der Waals surface area (Å²) in [6, 6.07) is 7.84. The zero-order valence-corrected chi connectivity index (χ0v) is 16.7. The number of hydrogen-bond donors (Lipinski definition) is 2. The molecule has 2 fully saturated rings. The molecule has 0 bridgehead atoms. The van der Waals surface area contributed by atoms with Gasteiger partial charge in [-0.3, -0.25) is 14.3 Å². The van der Waals surface area contributed by atoms with E-state index in [1.165, 1.54) is 0 Å². The smallest absolute Gasteiger partial charge is 0.274 e. The molecule has 2 aliphatic rings. The van der Waals surface area contributed by atoms with Crippen molar-refractivity contribution in [1.82, 2.24) is 15.1 Å². The predicted octanol–water partition coefficient (Wildman–Crippen LogP) is 3.97. The maximum atomic E-state index is 12.7. The Morgan fingerprint density at radius 3 is 2.61 bits per heavy atom. The molecule has 0 saturated heterocycles. The van der Waals surface area contributed by atoms with Crippen molar-refractivity contribution in [2.45, 2.75) is 57.5 Å². The van der Waals surface area contributed by atoms with Gasteiger partial charge in [0.2, 0.25) is 5.91 Å². The van der Waals surface area contributed by atoms with Gasteiger partial charge in [0, 0.05) is 29.7 Å². The summed E-state index contributed by atoms with van der Waals surface area (Å²) in [6.07, 6.45) is 6.84. The van der Waals surface area contributed by atoms with Gasteiger partial charge in [0.05, 0.1) is 5.69 Å². The minimum absolute atomic E-state index is 0.0643. The van der Waals surface area contributed by atoms with Gasteiger partial charge < -0.3 is 10.6 Å². The second kappa shape index (κ2) is 7.95. The summed E-state index contributed by atoms with van der Waals surface area (Å²) in [6.45, 7) is 2.59. The molecule has 1 heterocycles. The van der Waals surface area contributed by atoms with Crippen molar-refractivity contribution in [3.05, 3.63) is 46.7 Å². The molecule has 4 rings (SSSR count). The molecule has 7 heteroatoms. The lowest BCUT2D eigenvalue weighted by molar-refractivity contribution is -0.117. The highest BCUT2D eigenvalue weighted by atomic mass is 35.5. The Hall–Kier alpha value is -2.34. The van der Waals surface area contributed by atoms with E-state index in [0.717, 1.165) is 37.7 Å². The van der Waals surface area contributed by atoms with Crippen molar-refractivity contribution < 1.29 is 9.59 Å². The van der Waals surface area contributed by atoms with Crippen LogP contribution in [0, 0.1) is 5.92 Å². The molecule has 2 amide bonds. The van der Waals surface area contributed by atoms with Crippen LogP contribution in [-0.4, -0.2) is 27.6 Å². The standard InChI is InChI=1S/C21H25ClN4O2/c1-2-26-12-18(19(25-26)21(28)23-15-5-3-4-6-15)24-20(27)17-11-16(17)13-7-9-14(22)10-8-13/h7-10,12,15-17H,2-6,11H2,1H3,(H,23,28)(H,24,27)/t16-,17-/m0/s1. The molecule has 6 nitrogen and oxygen atoms in total. The van der Waals surface area contributed by atoms with Gasteiger partial charge in [-0.1, -0.05) is 36.6 Å². The van der Waals surface area contributed by atoms with Crippen LogP contribution in [0.15, 0.2) is 30.5 Å². The van der Waals surface area contributed by atoms with Gasteiger partial charge in [-0.05, 0) is 49.8 Å². The van der Waals surface area contributed by atoms with Gasteiger partial charge in [0.15, 0.2) is 5.69 Å². The first-order valence-corrected chi connectivity index (χ1v) is 10.4. The summed E-state index contributed by atoms with van der Waals surface area (Å²) < 4.78 is 1.68. The van der Waals surface area contributed by atoms with Crippen LogP contribution in [0.3, 0.4) is 0 Å². The number of carbonyl (C=O) groups is 2. The third kappa shape index (κ3) is 4.07. The van der Waals surface area contributed by atoms with Crippen molar-refractivity contribution in [3.63, 3.8) is 0 Å². The summed E-state index contributed by atoms with van der Waals surface area (Å²) in [5.74, 6) is -0.156. The number of hydrogen-bond acceptors (Lipinski definition) is 3. The van der Waals surface area contributed by atoms with Gasteiger partial charge in [0.25, 0.3) is 5.91 Å². The molecule has 0 radical (unpaired) electrons. The van der Waals surface area contributed by atoms with Crippen molar-refractivity contribution in [1.29, 1.82) is 0 Å². The lowest BCUT2D eigenvalue weighted by atomic mass is 10.1. The number of nitrogens with zero attached hydrogens (tertiary/aromatic N) is 2. The molecule has 1 aromatic carbocycles. The molecule has 2 aliphatic carbocycles. The van der Waals surface area contributed by atoms with Crippen LogP contribution < -0.4 is 10.6 Å². The third-order valence-electron chi connectivity index (χ3n) is 5.67. The van der Waals surface area contributed by atoms with Crippen LogP contribution in [0.5, 0.6) is 0 Å². The highest BCUT2D eigenvalue weighted by Gasteiger charge is 2.44. The summed E-state index contributed by atoms with van der Waals surface area (Å²) in [5, 5.41) is 11.0. The number of carbonyl (C=O) groups excluding carboxylic acids is 2. The van der Waals surface area contributed by atoms with Gasteiger partial charge in [-0.2, -0.15) is 5.10 Å². The molecular formula is C21H25ClN4O2. The Kier molecular flexibility index (Phi) is 5.40. The second-order valence-electron chi connectivity index (χ2n) is 7.69. The predicted molar refractivity (Wildman–Crippen MR) is 109 cm³/mol. The second-order valence-corrected chi connectivity index (χ2v) is 8.13. The minimum Gasteiger partial charge on any atom is -0.348 e. The van der Waals surface area contributed by atoms with Gasteiger partial charge >= 0.3 is 0 Å². The maximum Gasteiger partial charge on any atom is 0.274 e. The zero-order chi connectivity index (χ0) is 19.7. The molecule has 1 aromatic heterocycles. The van der Waals surface area contributed by atoms with E-state index in [1.807, 2.05) is 31.2 Å². The van der Waals surface area contributed by atoms with Gasteiger partial charge in [-0.25, -0.2) is 0 Å². The lowest BCUT2D eigenvalue weighted by Gasteiger charge is -2.11. The zero-order valence-electron chi connectivity index (χ0n) is 16.0. The fourth-order valence-corrected chi connectivity index (χ4v) is 4.08. The van der Waals surface area contributed by atoms with Crippen molar-refractivity contribution in [2.24, 2.45) is 5.92 Å². The number of anilines is 1. The van der Waals surface area contributed by atoms with Crippen molar-refractivity contribution >= 4 is 29.1 Å². The van der Waals surface area contributed by atoms with Crippen LogP contribution >= 0.6 is 11.6 Å². The first-order chi connectivity index (χ1) is 13.5.